The van der Waals surface area contributed by atoms with Gasteiger partial charge in [0.1, 0.15) is 11.5 Å². The maximum Gasteiger partial charge on any atom is 0.192 e. The predicted molar refractivity (Wildman–Crippen MR) is 142 cm³/mol. The van der Waals surface area contributed by atoms with E-state index in [1.54, 1.807) is 20.3 Å². The number of ether oxygens (including phenoxy) is 2. The van der Waals surface area contributed by atoms with E-state index in [-0.39, 0.29) is 11.6 Å². The maximum atomic E-state index is 9.08. The summed E-state index contributed by atoms with van der Waals surface area (Å²) < 4.78 is 16.9. The summed E-state index contributed by atoms with van der Waals surface area (Å²) in [6.45, 7) is 19.5. The van der Waals surface area contributed by atoms with E-state index in [9.17, 15) is 0 Å². The Morgan fingerprint density at radius 3 is 1.70 bits per heavy atom. The lowest BCUT2D eigenvalue weighted by atomic mass is 10.0. The quantitative estimate of drug-likeness (QED) is 0.304. The Hall–Kier alpha value is -2.34. The molecule has 0 spiro atoms. The van der Waals surface area contributed by atoms with E-state index in [1.165, 1.54) is 11.1 Å². The summed E-state index contributed by atoms with van der Waals surface area (Å²) in [6.07, 6.45) is 5.24. The van der Waals surface area contributed by atoms with Crippen molar-refractivity contribution in [1.29, 1.82) is 0 Å². The Kier molecular flexibility index (Phi) is 11.6. The molecule has 0 heterocycles. The molecule has 0 radical (unpaired) electrons. The molecule has 0 aliphatic rings. The SMILES string of the molecule is C=CCc1c(CO)cccc1OC.C=CCc1c(CO[Si](C)(C)C(C)(C)C)cccc1OC. The summed E-state index contributed by atoms with van der Waals surface area (Å²) in [5.41, 5.74) is 4.31. The maximum absolute atomic E-state index is 9.08. The first kappa shape index (κ1) is 28.7. The molecule has 0 saturated heterocycles. The minimum Gasteiger partial charge on any atom is -0.496 e. The zero-order valence-corrected chi connectivity index (χ0v) is 22.5. The summed E-state index contributed by atoms with van der Waals surface area (Å²) in [7, 11) is 1.61. The van der Waals surface area contributed by atoms with E-state index in [0.29, 0.717) is 6.61 Å². The van der Waals surface area contributed by atoms with Crippen molar-refractivity contribution in [3.63, 3.8) is 0 Å². The van der Waals surface area contributed by atoms with Gasteiger partial charge in [0.25, 0.3) is 0 Å². The molecule has 5 heteroatoms. The largest absolute Gasteiger partial charge is 0.496 e. The number of hydrogen-bond acceptors (Lipinski definition) is 4. The highest BCUT2D eigenvalue weighted by Gasteiger charge is 2.37. The van der Waals surface area contributed by atoms with Crippen LogP contribution in [0, 0.1) is 0 Å². The van der Waals surface area contributed by atoms with E-state index < -0.39 is 8.32 Å². The van der Waals surface area contributed by atoms with Gasteiger partial charge in [-0.15, -0.1) is 13.2 Å². The van der Waals surface area contributed by atoms with Crippen molar-refractivity contribution in [2.24, 2.45) is 0 Å². The lowest BCUT2D eigenvalue weighted by Crippen LogP contribution is -2.40. The number of methoxy groups -OCH3 is 2. The third-order valence-electron chi connectivity index (χ3n) is 6.16. The fourth-order valence-corrected chi connectivity index (χ4v) is 4.06. The lowest BCUT2D eigenvalue weighted by molar-refractivity contribution is 0.274. The smallest absolute Gasteiger partial charge is 0.192 e. The first-order chi connectivity index (χ1) is 15.6. The Balaban J connectivity index is 0.000000361. The molecule has 2 aromatic rings. The van der Waals surface area contributed by atoms with Gasteiger partial charge in [-0.2, -0.15) is 0 Å². The topological polar surface area (TPSA) is 47.9 Å². The number of aliphatic hydroxyl groups excluding tert-OH is 1. The molecule has 0 aliphatic carbocycles. The lowest BCUT2D eigenvalue weighted by Gasteiger charge is -2.36. The Morgan fingerprint density at radius 2 is 1.30 bits per heavy atom. The second-order valence-electron chi connectivity index (χ2n) is 9.39. The van der Waals surface area contributed by atoms with Gasteiger partial charge in [-0.1, -0.05) is 57.2 Å². The standard InChI is InChI=1S/C17H28O2Si.C11H14O2/c1-8-10-15-14(11-9-12-16(15)18-5)13-19-20(6,7)17(2,3)4;1-3-5-10-9(8-12)6-4-7-11(10)13-2/h8-9,11-12H,1,10,13H2,2-7H3;3-4,6-7,12H,1,5,8H2,2H3. The number of hydrogen-bond donors (Lipinski definition) is 1. The molecule has 0 atom stereocenters. The molecule has 0 aliphatic heterocycles. The van der Waals surface area contributed by atoms with E-state index in [1.807, 2.05) is 36.4 Å². The second kappa shape index (κ2) is 13.4. The van der Waals surface area contributed by atoms with Crippen LogP contribution in [0.25, 0.3) is 0 Å². The second-order valence-corrected chi connectivity index (χ2v) is 14.2. The highest BCUT2D eigenvalue weighted by atomic mass is 28.4. The average Bonchev–Trinajstić information content (AvgIpc) is 2.78. The molecule has 0 amide bonds. The average molecular weight is 471 g/mol. The molecule has 2 aromatic carbocycles. The van der Waals surface area contributed by atoms with Crippen LogP contribution in [0.1, 0.15) is 43.0 Å². The minimum atomic E-state index is -1.73. The van der Waals surface area contributed by atoms with Crippen molar-refractivity contribution >= 4 is 8.32 Å². The molecule has 0 bridgehead atoms. The van der Waals surface area contributed by atoms with Gasteiger partial charge in [0.15, 0.2) is 8.32 Å². The first-order valence-electron chi connectivity index (χ1n) is 11.3. The van der Waals surface area contributed by atoms with Crippen molar-refractivity contribution in [3.8, 4) is 11.5 Å². The Labute approximate surface area is 202 Å². The van der Waals surface area contributed by atoms with Gasteiger partial charge in [0.05, 0.1) is 27.4 Å². The molecule has 182 valence electrons. The summed E-state index contributed by atoms with van der Waals surface area (Å²) in [4.78, 5) is 0. The van der Waals surface area contributed by atoms with Crippen LogP contribution >= 0.6 is 0 Å². The summed E-state index contributed by atoms with van der Waals surface area (Å²) >= 11 is 0. The molecule has 0 unspecified atom stereocenters. The van der Waals surface area contributed by atoms with Gasteiger partial charge in [0.2, 0.25) is 0 Å². The van der Waals surface area contributed by atoms with E-state index in [4.69, 9.17) is 19.0 Å². The zero-order valence-electron chi connectivity index (χ0n) is 21.5. The molecule has 2 rings (SSSR count). The van der Waals surface area contributed by atoms with Crippen molar-refractivity contribution in [1.82, 2.24) is 0 Å². The zero-order chi connectivity index (χ0) is 25.1. The van der Waals surface area contributed by atoms with Gasteiger partial charge >= 0.3 is 0 Å². The number of benzene rings is 2. The molecular formula is C28H42O4Si. The van der Waals surface area contributed by atoms with Crippen LogP contribution in [0.2, 0.25) is 18.1 Å². The van der Waals surface area contributed by atoms with Gasteiger partial charge in [-0.3, -0.25) is 0 Å². The minimum absolute atomic E-state index is 0.0420. The van der Waals surface area contributed by atoms with Gasteiger partial charge < -0.3 is 19.0 Å². The van der Waals surface area contributed by atoms with Crippen molar-refractivity contribution < 1.29 is 19.0 Å². The van der Waals surface area contributed by atoms with Crippen LogP contribution in [0.4, 0.5) is 0 Å². The molecule has 33 heavy (non-hydrogen) atoms. The molecule has 1 N–H and O–H groups in total. The Morgan fingerprint density at radius 1 is 0.848 bits per heavy atom. The van der Waals surface area contributed by atoms with Crippen molar-refractivity contribution in [3.05, 3.63) is 84.0 Å². The molecule has 0 fully saturated rings. The number of aliphatic hydroxyl groups is 1. The number of rotatable bonds is 10. The highest BCUT2D eigenvalue weighted by molar-refractivity contribution is 6.74. The monoisotopic (exact) mass is 470 g/mol. The molecule has 4 nitrogen and oxygen atoms in total. The number of allylic oxidation sites excluding steroid dienone is 2. The van der Waals surface area contributed by atoms with Crippen molar-refractivity contribution in [2.75, 3.05) is 14.2 Å². The molecular weight excluding hydrogens is 428 g/mol. The van der Waals surface area contributed by atoms with Gasteiger partial charge in [0, 0.05) is 11.1 Å². The third-order valence-corrected chi connectivity index (χ3v) is 10.6. The highest BCUT2D eigenvalue weighted by Crippen LogP contribution is 2.37. The van der Waals surface area contributed by atoms with Crippen molar-refractivity contribution in [2.45, 2.75) is 65.0 Å². The predicted octanol–water partition coefficient (Wildman–Crippen LogP) is 6.86. The normalized spacial score (nSPS) is 11.3. The fourth-order valence-electron chi connectivity index (χ4n) is 3.11. The summed E-state index contributed by atoms with van der Waals surface area (Å²) in [5.74, 6) is 1.73. The van der Waals surface area contributed by atoms with Crippen LogP contribution in [0.3, 0.4) is 0 Å². The van der Waals surface area contributed by atoms with Crippen LogP contribution in [-0.2, 0) is 30.5 Å². The molecule has 0 saturated carbocycles. The van der Waals surface area contributed by atoms with E-state index >= 15 is 0 Å². The van der Waals surface area contributed by atoms with Crippen LogP contribution in [0.15, 0.2) is 61.7 Å². The van der Waals surface area contributed by atoms with E-state index in [2.05, 4.69) is 53.1 Å². The first-order valence-corrected chi connectivity index (χ1v) is 14.2. The fraction of sp³-hybridized carbons (Fsp3) is 0.429. The van der Waals surface area contributed by atoms with Crippen LogP contribution < -0.4 is 9.47 Å². The Bertz CT molecular complexity index is 875. The molecule has 0 aromatic heterocycles. The third kappa shape index (κ3) is 8.18. The van der Waals surface area contributed by atoms with Crippen LogP contribution in [0.5, 0.6) is 11.5 Å². The summed E-state index contributed by atoms with van der Waals surface area (Å²) in [5, 5.41) is 9.30. The van der Waals surface area contributed by atoms with Gasteiger partial charge in [-0.25, -0.2) is 0 Å². The summed E-state index contributed by atoms with van der Waals surface area (Å²) in [6, 6.07) is 11.8. The van der Waals surface area contributed by atoms with Gasteiger partial charge in [-0.05, 0) is 54.2 Å². The van der Waals surface area contributed by atoms with E-state index in [0.717, 1.165) is 35.5 Å². The van der Waals surface area contributed by atoms with Crippen LogP contribution in [-0.4, -0.2) is 27.6 Å².